The van der Waals surface area contributed by atoms with Crippen molar-refractivity contribution >= 4 is 38.5 Å². The molecule has 0 heterocycles. The van der Waals surface area contributed by atoms with Gasteiger partial charge in [-0.25, -0.2) is 0 Å². The summed E-state index contributed by atoms with van der Waals surface area (Å²) in [5.74, 6) is 0. The standard InChI is InChI=1S/C8H6BrIN2/c9-7-1-5(3-11)6(4-12)2-8(7)10/h1-2H,3,11H2. The molecule has 2 nitrogen and oxygen atoms in total. The average Bonchev–Trinajstić information content (AvgIpc) is 2.09. The van der Waals surface area contributed by atoms with E-state index < -0.39 is 0 Å². The number of nitrogens with two attached hydrogens (primary N) is 1. The molecule has 0 atom stereocenters. The predicted molar refractivity (Wildman–Crippen MR) is 59.5 cm³/mol. The molecule has 0 saturated carbocycles. The molecule has 2 N–H and O–H groups in total. The minimum absolute atomic E-state index is 0.401. The van der Waals surface area contributed by atoms with Crippen LogP contribution >= 0.6 is 38.5 Å². The fourth-order valence-electron chi connectivity index (χ4n) is 0.861. The number of benzene rings is 1. The van der Waals surface area contributed by atoms with Crippen molar-refractivity contribution in [3.05, 3.63) is 31.3 Å². The first-order chi connectivity index (χ1) is 5.69. The number of nitriles is 1. The van der Waals surface area contributed by atoms with Crippen LogP contribution in [0.15, 0.2) is 16.6 Å². The van der Waals surface area contributed by atoms with Crippen molar-refractivity contribution in [2.24, 2.45) is 5.73 Å². The molecule has 0 radical (unpaired) electrons. The molecule has 4 heteroatoms. The van der Waals surface area contributed by atoms with E-state index in [9.17, 15) is 0 Å². The Morgan fingerprint density at radius 2 is 2.25 bits per heavy atom. The zero-order chi connectivity index (χ0) is 9.14. The Balaban J connectivity index is 3.31. The van der Waals surface area contributed by atoms with Gasteiger partial charge < -0.3 is 5.73 Å². The lowest BCUT2D eigenvalue weighted by Gasteiger charge is -2.02. The molecule has 0 saturated heterocycles. The van der Waals surface area contributed by atoms with Crippen molar-refractivity contribution < 1.29 is 0 Å². The summed E-state index contributed by atoms with van der Waals surface area (Å²) in [7, 11) is 0. The third-order valence-corrected chi connectivity index (χ3v) is 3.78. The molecule has 0 aliphatic heterocycles. The number of hydrogen-bond acceptors (Lipinski definition) is 2. The van der Waals surface area contributed by atoms with Crippen LogP contribution < -0.4 is 5.73 Å². The smallest absolute Gasteiger partial charge is 0.0995 e. The zero-order valence-electron chi connectivity index (χ0n) is 6.14. The Morgan fingerprint density at radius 1 is 1.58 bits per heavy atom. The monoisotopic (exact) mass is 336 g/mol. The summed E-state index contributed by atoms with van der Waals surface area (Å²) >= 11 is 5.55. The van der Waals surface area contributed by atoms with Crippen LogP contribution in [0.3, 0.4) is 0 Å². The highest BCUT2D eigenvalue weighted by molar-refractivity contribution is 14.1. The number of rotatable bonds is 1. The third-order valence-electron chi connectivity index (χ3n) is 1.49. The Kier molecular flexibility index (Phi) is 3.50. The molecule has 0 unspecified atom stereocenters. The van der Waals surface area contributed by atoms with Crippen LogP contribution in [-0.2, 0) is 6.54 Å². The van der Waals surface area contributed by atoms with Gasteiger partial charge in [0, 0.05) is 14.6 Å². The highest BCUT2D eigenvalue weighted by atomic mass is 127. The maximum absolute atomic E-state index is 8.74. The average molecular weight is 337 g/mol. The van der Waals surface area contributed by atoms with Crippen molar-refractivity contribution in [2.75, 3.05) is 0 Å². The van der Waals surface area contributed by atoms with Crippen molar-refractivity contribution in [3.63, 3.8) is 0 Å². The van der Waals surface area contributed by atoms with E-state index in [1.54, 1.807) is 0 Å². The van der Waals surface area contributed by atoms with Crippen molar-refractivity contribution in [1.29, 1.82) is 5.26 Å². The van der Waals surface area contributed by atoms with E-state index in [1.807, 2.05) is 12.1 Å². The van der Waals surface area contributed by atoms with Crippen LogP contribution in [-0.4, -0.2) is 0 Å². The van der Waals surface area contributed by atoms with Gasteiger partial charge in [-0.2, -0.15) is 5.26 Å². The van der Waals surface area contributed by atoms with Gasteiger partial charge >= 0.3 is 0 Å². The van der Waals surface area contributed by atoms with Crippen molar-refractivity contribution in [1.82, 2.24) is 0 Å². The fraction of sp³-hybridized carbons (Fsp3) is 0.125. The highest BCUT2D eigenvalue weighted by Crippen LogP contribution is 2.22. The fourth-order valence-corrected chi connectivity index (χ4v) is 1.72. The van der Waals surface area contributed by atoms with Gasteiger partial charge in [-0.1, -0.05) is 0 Å². The number of halogens is 2. The molecule has 1 aromatic rings. The minimum Gasteiger partial charge on any atom is -0.326 e. The minimum atomic E-state index is 0.401. The summed E-state index contributed by atoms with van der Waals surface area (Å²) in [6.45, 7) is 0.401. The van der Waals surface area contributed by atoms with E-state index >= 15 is 0 Å². The van der Waals surface area contributed by atoms with Crippen molar-refractivity contribution in [2.45, 2.75) is 6.54 Å². The molecule has 1 rings (SSSR count). The lowest BCUT2D eigenvalue weighted by atomic mass is 10.1. The largest absolute Gasteiger partial charge is 0.326 e. The van der Waals surface area contributed by atoms with Gasteiger partial charge in [0.05, 0.1) is 11.6 Å². The molecule has 0 aliphatic carbocycles. The van der Waals surface area contributed by atoms with E-state index in [0.717, 1.165) is 13.6 Å². The second-order valence-corrected chi connectivity index (χ2v) is 4.26. The zero-order valence-corrected chi connectivity index (χ0v) is 9.89. The summed E-state index contributed by atoms with van der Waals surface area (Å²) in [6, 6.07) is 5.82. The maximum Gasteiger partial charge on any atom is 0.0995 e. The summed E-state index contributed by atoms with van der Waals surface area (Å²) < 4.78 is 2.02. The quantitative estimate of drug-likeness (QED) is 0.800. The normalized spacial score (nSPS) is 9.50. The summed E-state index contributed by atoms with van der Waals surface area (Å²) in [4.78, 5) is 0. The molecule has 0 aromatic heterocycles. The highest BCUT2D eigenvalue weighted by Gasteiger charge is 2.04. The molecule has 1 aromatic carbocycles. The molecule has 0 spiro atoms. The Bertz CT molecular complexity index is 344. The predicted octanol–water partition coefficient (Wildman–Crippen LogP) is 2.38. The molecule has 0 aliphatic rings. The SMILES string of the molecule is N#Cc1cc(I)c(Br)cc1CN. The van der Waals surface area contributed by atoms with Gasteiger partial charge in [-0.05, 0) is 56.2 Å². The summed E-state index contributed by atoms with van der Waals surface area (Å²) in [6.07, 6.45) is 0. The van der Waals surface area contributed by atoms with E-state index in [4.69, 9.17) is 11.0 Å². The van der Waals surface area contributed by atoms with E-state index in [2.05, 4.69) is 44.6 Å². The van der Waals surface area contributed by atoms with Crippen LogP contribution in [0.1, 0.15) is 11.1 Å². The molecular weight excluding hydrogens is 331 g/mol. The molecular formula is C8H6BrIN2. The Labute approximate surface area is 93.0 Å². The molecule has 0 amide bonds. The van der Waals surface area contributed by atoms with E-state index in [-0.39, 0.29) is 0 Å². The van der Waals surface area contributed by atoms with E-state index in [0.29, 0.717) is 12.1 Å². The van der Waals surface area contributed by atoms with Gasteiger partial charge in [0.1, 0.15) is 0 Å². The Morgan fingerprint density at radius 3 is 2.75 bits per heavy atom. The van der Waals surface area contributed by atoms with Crippen LogP contribution in [0.4, 0.5) is 0 Å². The topological polar surface area (TPSA) is 49.8 Å². The number of nitrogens with zero attached hydrogens (tertiary/aromatic N) is 1. The molecule has 12 heavy (non-hydrogen) atoms. The molecule has 0 fully saturated rings. The van der Waals surface area contributed by atoms with Crippen LogP contribution in [0, 0.1) is 14.9 Å². The van der Waals surface area contributed by atoms with E-state index in [1.165, 1.54) is 0 Å². The maximum atomic E-state index is 8.74. The molecule has 0 bridgehead atoms. The van der Waals surface area contributed by atoms with Crippen LogP contribution in [0.2, 0.25) is 0 Å². The van der Waals surface area contributed by atoms with Crippen LogP contribution in [0.5, 0.6) is 0 Å². The second kappa shape index (κ2) is 4.21. The van der Waals surface area contributed by atoms with Gasteiger partial charge in [0.2, 0.25) is 0 Å². The van der Waals surface area contributed by atoms with Gasteiger partial charge in [0.25, 0.3) is 0 Å². The Hall–Kier alpha value is -0.120. The van der Waals surface area contributed by atoms with Gasteiger partial charge in [0.15, 0.2) is 0 Å². The van der Waals surface area contributed by atoms with Gasteiger partial charge in [-0.15, -0.1) is 0 Å². The van der Waals surface area contributed by atoms with Gasteiger partial charge in [-0.3, -0.25) is 0 Å². The first kappa shape index (κ1) is 9.96. The number of hydrogen-bond donors (Lipinski definition) is 1. The summed E-state index contributed by atoms with van der Waals surface area (Å²) in [5, 5.41) is 8.74. The lowest BCUT2D eigenvalue weighted by molar-refractivity contribution is 1.06. The first-order valence-electron chi connectivity index (χ1n) is 3.27. The summed E-state index contributed by atoms with van der Waals surface area (Å²) in [5.41, 5.74) is 7.01. The molecule has 62 valence electrons. The van der Waals surface area contributed by atoms with Crippen molar-refractivity contribution in [3.8, 4) is 6.07 Å². The first-order valence-corrected chi connectivity index (χ1v) is 5.14. The third kappa shape index (κ3) is 1.97. The second-order valence-electron chi connectivity index (χ2n) is 2.24. The van der Waals surface area contributed by atoms with Crippen LogP contribution in [0.25, 0.3) is 0 Å². The lowest BCUT2D eigenvalue weighted by Crippen LogP contribution is -2.00.